The minimum absolute atomic E-state index is 0.187. The third kappa shape index (κ3) is 3.94. The monoisotopic (exact) mass is 335 g/mol. The van der Waals surface area contributed by atoms with Crippen LogP contribution < -0.4 is 5.32 Å². The molecule has 1 heterocycles. The van der Waals surface area contributed by atoms with Crippen molar-refractivity contribution in [1.29, 1.82) is 0 Å². The number of benzene rings is 2. The molecule has 3 rings (SSSR count). The molecular formula is C20H21N3O2. The van der Waals surface area contributed by atoms with Crippen molar-refractivity contribution >= 4 is 28.5 Å². The van der Waals surface area contributed by atoms with Crippen molar-refractivity contribution in [3.63, 3.8) is 0 Å². The predicted octanol–water partition coefficient (Wildman–Crippen LogP) is 4.50. The molecule has 0 aliphatic heterocycles. The first-order chi connectivity index (χ1) is 12.1. The Morgan fingerprint density at radius 3 is 2.28 bits per heavy atom. The molecule has 0 saturated heterocycles. The van der Waals surface area contributed by atoms with E-state index in [2.05, 4.69) is 22.2 Å². The Morgan fingerprint density at radius 1 is 1.04 bits per heavy atom. The lowest BCUT2D eigenvalue weighted by molar-refractivity contribution is 0.0372. The Hall–Kier alpha value is -2.95. The molecule has 5 heteroatoms. The van der Waals surface area contributed by atoms with E-state index in [9.17, 15) is 4.79 Å². The van der Waals surface area contributed by atoms with Gasteiger partial charge in [0.25, 0.3) is 0 Å². The lowest BCUT2D eigenvalue weighted by Gasteiger charge is -2.13. The van der Waals surface area contributed by atoms with Gasteiger partial charge in [-0.1, -0.05) is 31.2 Å². The van der Waals surface area contributed by atoms with Crippen molar-refractivity contribution in [1.82, 2.24) is 9.97 Å². The van der Waals surface area contributed by atoms with Crippen molar-refractivity contribution in [3.8, 4) is 0 Å². The van der Waals surface area contributed by atoms with Crippen molar-refractivity contribution < 1.29 is 9.53 Å². The lowest BCUT2D eigenvalue weighted by atomic mass is 10.1. The van der Waals surface area contributed by atoms with E-state index < -0.39 is 5.97 Å². The van der Waals surface area contributed by atoms with Crippen molar-refractivity contribution in [3.05, 3.63) is 59.8 Å². The van der Waals surface area contributed by atoms with Gasteiger partial charge in [0.2, 0.25) is 0 Å². The highest BCUT2D eigenvalue weighted by atomic mass is 16.5. The Labute approximate surface area is 147 Å². The zero-order chi connectivity index (χ0) is 17.8. The van der Waals surface area contributed by atoms with E-state index in [4.69, 9.17) is 4.74 Å². The van der Waals surface area contributed by atoms with Gasteiger partial charge in [0.15, 0.2) is 11.5 Å². The third-order valence-corrected chi connectivity index (χ3v) is 3.73. The van der Waals surface area contributed by atoms with E-state index in [1.165, 1.54) is 5.56 Å². The molecule has 1 N–H and O–H groups in total. The standard InChI is InChI=1S/C20H21N3O2/c1-4-14-9-11-15(12-10-14)21-19-18(20(24)25-13(2)3)22-16-7-5-6-8-17(16)23-19/h5-13H,4H2,1-3H3,(H,21,23). The molecule has 0 atom stereocenters. The fourth-order valence-electron chi connectivity index (χ4n) is 2.46. The molecule has 0 aliphatic rings. The topological polar surface area (TPSA) is 64.1 Å². The summed E-state index contributed by atoms with van der Waals surface area (Å²) >= 11 is 0. The van der Waals surface area contributed by atoms with Crippen molar-refractivity contribution in [2.75, 3.05) is 5.32 Å². The van der Waals surface area contributed by atoms with Crippen molar-refractivity contribution in [2.45, 2.75) is 33.3 Å². The van der Waals surface area contributed by atoms with Gasteiger partial charge in [-0.3, -0.25) is 0 Å². The minimum Gasteiger partial charge on any atom is -0.458 e. The summed E-state index contributed by atoms with van der Waals surface area (Å²) in [5, 5.41) is 3.20. The highest BCUT2D eigenvalue weighted by Gasteiger charge is 2.19. The second-order valence-electron chi connectivity index (χ2n) is 6.04. The quantitative estimate of drug-likeness (QED) is 0.695. The second kappa shape index (κ2) is 7.30. The maximum Gasteiger partial charge on any atom is 0.361 e. The first-order valence-electron chi connectivity index (χ1n) is 8.40. The van der Waals surface area contributed by atoms with Crippen LogP contribution in [0.3, 0.4) is 0 Å². The van der Waals surface area contributed by atoms with Gasteiger partial charge in [-0.25, -0.2) is 14.8 Å². The molecule has 5 nitrogen and oxygen atoms in total. The highest BCUT2D eigenvalue weighted by molar-refractivity contribution is 5.96. The molecule has 0 spiro atoms. The summed E-state index contributed by atoms with van der Waals surface area (Å²) < 4.78 is 5.32. The van der Waals surface area contributed by atoms with E-state index in [1.54, 1.807) is 0 Å². The summed E-state index contributed by atoms with van der Waals surface area (Å²) in [5.74, 6) is -0.0884. The third-order valence-electron chi connectivity index (χ3n) is 3.73. The van der Waals surface area contributed by atoms with Gasteiger partial charge in [0.1, 0.15) is 0 Å². The smallest absolute Gasteiger partial charge is 0.361 e. The maximum atomic E-state index is 12.4. The van der Waals surface area contributed by atoms with Gasteiger partial charge in [-0.05, 0) is 50.1 Å². The first-order valence-corrected chi connectivity index (χ1v) is 8.40. The van der Waals surface area contributed by atoms with Gasteiger partial charge in [0.05, 0.1) is 17.1 Å². The summed E-state index contributed by atoms with van der Waals surface area (Å²) in [5.41, 5.74) is 3.66. The molecule has 0 bridgehead atoms. The molecule has 1 aromatic heterocycles. The number of fused-ring (bicyclic) bond motifs is 1. The number of anilines is 2. The number of nitrogens with one attached hydrogen (secondary N) is 1. The first kappa shape index (κ1) is 16.9. The van der Waals surface area contributed by atoms with E-state index in [0.717, 1.165) is 17.6 Å². The fourth-order valence-corrected chi connectivity index (χ4v) is 2.46. The summed E-state index contributed by atoms with van der Waals surface area (Å²) in [7, 11) is 0. The zero-order valence-electron chi connectivity index (χ0n) is 14.6. The van der Waals surface area contributed by atoms with Crippen LogP contribution in [0, 0.1) is 0 Å². The molecule has 0 amide bonds. The molecule has 3 aromatic rings. The number of aromatic nitrogens is 2. The molecule has 0 radical (unpaired) electrons. The number of hydrogen-bond donors (Lipinski definition) is 1. The van der Waals surface area contributed by atoms with Crippen LogP contribution in [0.5, 0.6) is 0 Å². The number of para-hydroxylation sites is 2. The lowest BCUT2D eigenvalue weighted by Crippen LogP contribution is -2.16. The Balaban J connectivity index is 2.02. The van der Waals surface area contributed by atoms with E-state index in [0.29, 0.717) is 11.3 Å². The van der Waals surface area contributed by atoms with Crippen LogP contribution in [0.15, 0.2) is 48.5 Å². The predicted molar refractivity (Wildman–Crippen MR) is 99.2 cm³/mol. The van der Waals surface area contributed by atoms with Crippen LogP contribution in [0.4, 0.5) is 11.5 Å². The van der Waals surface area contributed by atoms with E-state index in [1.807, 2.05) is 62.4 Å². The van der Waals surface area contributed by atoms with E-state index >= 15 is 0 Å². The highest BCUT2D eigenvalue weighted by Crippen LogP contribution is 2.22. The molecule has 0 saturated carbocycles. The van der Waals surface area contributed by atoms with Crippen LogP contribution in [0.25, 0.3) is 11.0 Å². The second-order valence-corrected chi connectivity index (χ2v) is 6.04. The SMILES string of the molecule is CCc1ccc(Nc2nc3ccccc3nc2C(=O)OC(C)C)cc1. The van der Waals surface area contributed by atoms with Crippen LogP contribution >= 0.6 is 0 Å². The molecule has 0 aliphatic carbocycles. The molecule has 2 aromatic carbocycles. The number of hydrogen-bond acceptors (Lipinski definition) is 5. The maximum absolute atomic E-state index is 12.4. The number of carbonyl (C=O) groups excluding carboxylic acids is 1. The van der Waals surface area contributed by atoms with Gasteiger partial charge in [0, 0.05) is 5.69 Å². The van der Waals surface area contributed by atoms with Crippen molar-refractivity contribution in [2.24, 2.45) is 0 Å². The van der Waals surface area contributed by atoms with Gasteiger partial charge >= 0.3 is 5.97 Å². The number of nitrogens with zero attached hydrogens (tertiary/aromatic N) is 2. The molecule has 128 valence electrons. The normalized spacial score (nSPS) is 10.9. The number of ether oxygens (including phenoxy) is 1. The largest absolute Gasteiger partial charge is 0.458 e. The number of aryl methyl sites for hydroxylation is 1. The molecule has 0 unspecified atom stereocenters. The zero-order valence-corrected chi connectivity index (χ0v) is 14.6. The Bertz CT molecular complexity index is 889. The molecular weight excluding hydrogens is 314 g/mol. The molecule has 25 heavy (non-hydrogen) atoms. The number of esters is 1. The van der Waals surface area contributed by atoms with Crippen LogP contribution in [0.2, 0.25) is 0 Å². The van der Waals surface area contributed by atoms with Crippen LogP contribution in [-0.2, 0) is 11.2 Å². The average Bonchev–Trinajstić information content (AvgIpc) is 2.61. The summed E-state index contributed by atoms with van der Waals surface area (Å²) in [4.78, 5) is 21.5. The van der Waals surface area contributed by atoms with Crippen LogP contribution in [0.1, 0.15) is 36.8 Å². The van der Waals surface area contributed by atoms with Gasteiger partial charge in [-0.2, -0.15) is 0 Å². The fraction of sp³-hybridized carbons (Fsp3) is 0.250. The summed E-state index contributed by atoms with van der Waals surface area (Å²) in [6.07, 6.45) is 0.750. The van der Waals surface area contributed by atoms with Gasteiger partial charge in [-0.15, -0.1) is 0 Å². The minimum atomic E-state index is -0.485. The number of carbonyl (C=O) groups is 1. The summed E-state index contributed by atoms with van der Waals surface area (Å²) in [6, 6.07) is 15.5. The number of rotatable bonds is 5. The average molecular weight is 335 g/mol. The Kier molecular flexibility index (Phi) is 4.93. The Morgan fingerprint density at radius 2 is 1.68 bits per heavy atom. The van der Waals surface area contributed by atoms with E-state index in [-0.39, 0.29) is 11.8 Å². The van der Waals surface area contributed by atoms with Gasteiger partial charge < -0.3 is 10.1 Å². The summed E-state index contributed by atoms with van der Waals surface area (Å²) in [6.45, 7) is 5.73. The van der Waals surface area contributed by atoms with Crippen LogP contribution in [-0.4, -0.2) is 22.0 Å². The molecule has 0 fully saturated rings.